The second kappa shape index (κ2) is 31.0. The van der Waals surface area contributed by atoms with Crippen molar-refractivity contribution < 1.29 is 33.8 Å². The molecule has 0 saturated carbocycles. The number of nitrogens with two attached hydrogens (primary N) is 1. The zero-order valence-corrected chi connectivity index (χ0v) is 43.6. The zero-order chi connectivity index (χ0) is 53.5. The van der Waals surface area contributed by atoms with Crippen LogP contribution < -0.4 is 21.7 Å². The molecule has 6 N–H and O–H groups in total. The summed E-state index contributed by atoms with van der Waals surface area (Å²) in [5.41, 5.74) is 11.2. The molecule has 4 heterocycles. The number of nitrogen functional groups attached to an aromatic ring is 1. The van der Waals surface area contributed by atoms with Gasteiger partial charge in [-0.15, -0.1) is 0 Å². The van der Waals surface area contributed by atoms with E-state index in [1.807, 2.05) is 78.9 Å². The number of aryl methyl sites for hydroxylation is 4. The van der Waals surface area contributed by atoms with Crippen molar-refractivity contribution in [1.82, 2.24) is 39.1 Å². The van der Waals surface area contributed by atoms with Gasteiger partial charge < -0.3 is 36.3 Å². The van der Waals surface area contributed by atoms with E-state index in [1.165, 1.54) is 34.3 Å². The maximum atomic E-state index is 11.4. The van der Waals surface area contributed by atoms with E-state index in [9.17, 15) is 19.2 Å². The van der Waals surface area contributed by atoms with Crippen molar-refractivity contribution in [2.75, 3.05) is 35.9 Å². The van der Waals surface area contributed by atoms with Crippen LogP contribution in [0.2, 0.25) is 20.1 Å². The van der Waals surface area contributed by atoms with Crippen LogP contribution in [-0.2, 0) is 63.9 Å². The molecule has 0 radical (unpaired) electrons. The summed E-state index contributed by atoms with van der Waals surface area (Å²) in [7, 11) is 9.50. The van der Waals surface area contributed by atoms with Gasteiger partial charge in [-0.3, -0.25) is 28.3 Å². The molecule has 0 spiro atoms. The Labute approximate surface area is 449 Å². The van der Waals surface area contributed by atoms with Crippen LogP contribution in [0.5, 0.6) is 0 Å². The van der Waals surface area contributed by atoms with Gasteiger partial charge in [-0.1, -0.05) is 102 Å². The number of nitrogens with zero attached hydrogens (tertiary/aromatic N) is 8. The number of halogens is 4. The molecule has 74 heavy (non-hydrogen) atoms. The predicted molar refractivity (Wildman–Crippen MR) is 291 cm³/mol. The van der Waals surface area contributed by atoms with Crippen LogP contribution in [0.1, 0.15) is 71.6 Å². The Morgan fingerprint density at radius 3 is 1.32 bits per heavy atom. The average molecular weight is 1090 g/mol. The number of hydrogen-bond acceptors (Lipinski definition) is 15. The third-order valence-corrected chi connectivity index (χ3v) is 10.8. The molecule has 0 bridgehead atoms. The number of methoxy groups -OCH3 is 2. The highest BCUT2D eigenvalue weighted by molar-refractivity contribution is 6.31. The van der Waals surface area contributed by atoms with Gasteiger partial charge in [0.15, 0.2) is 6.29 Å². The van der Waals surface area contributed by atoms with Crippen LogP contribution in [0.3, 0.4) is 0 Å². The van der Waals surface area contributed by atoms with Gasteiger partial charge in [-0.2, -0.15) is 20.4 Å². The Kier molecular flexibility index (Phi) is 25.4. The molecule has 4 aromatic carbocycles. The summed E-state index contributed by atoms with van der Waals surface area (Å²) in [5.74, 6) is 1.50. The third kappa shape index (κ3) is 20.1. The van der Waals surface area contributed by atoms with Crippen molar-refractivity contribution in [3.8, 4) is 0 Å². The number of aldehydes is 2. The molecule has 8 rings (SSSR count). The molecule has 0 unspecified atom stereocenters. The molecule has 19 nitrogen and oxygen atoms in total. The molecular weight excluding hydrogens is 1030 g/mol. The van der Waals surface area contributed by atoms with Crippen molar-refractivity contribution in [3.05, 3.63) is 186 Å². The fraction of sp³-hybridized carbons (Fsp3) is 0.216. The second-order valence-electron chi connectivity index (χ2n) is 15.2. The van der Waals surface area contributed by atoms with Crippen LogP contribution in [-0.4, -0.2) is 83.0 Å². The van der Waals surface area contributed by atoms with Gasteiger partial charge in [0.25, 0.3) is 0 Å². The quantitative estimate of drug-likeness (QED) is 0.0503. The van der Waals surface area contributed by atoms with E-state index in [4.69, 9.17) is 57.2 Å². The lowest BCUT2D eigenvalue weighted by molar-refractivity contribution is 0.0579. The number of hydrogen-bond donors (Lipinski definition) is 5. The lowest BCUT2D eigenvalue weighted by atomic mass is 10.2. The summed E-state index contributed by atoms with van der Waals surface area (Å²) in [6, 6.07) is 36.2. The maximum Gasteiger partial charge on any atom is 0.356 e. The number of ether oxygens (including phenoxy) is 2. The van der Waals surface area contributed by atoms with Crippen LogP contribution in [0.25, 0.3) is 0 Å². The smallest absolute Gasteiger partial charge is 0.356 e. The third-order valence-electron chi connectivity index (χ3n) is 9.82. The topological polar surface area (TPSA) is 240 Å². The summed E-state index contributed by atoms with van der Waals surface area (Å²) in [5, 5.41) is 37.6. The summed E-state index contributed by atoms with van der Waals surface area (Å²) < 4.78 is 15.2. The molecule has 0 aliphatic carbocycles. The molecule has 0 atom stereocenters. The number of benzene rings is 4. The molecule has 392 valence electrons. The number of nitrogens with one attached hydrogen (secondary N) is 3. The van der Waals surface area contributed by atoms with Crippen molar-refractivity contribution in [1.29, 1.82) is 0 Å². The molecule has 0 fully saturated rings. The Balaban J connectivity index is 0.000000249. The number of carbonyl (C=O) groups excluding carboxylic acids is 4. The van der Waals surface area contributed by atoms with Gasteiger partial charge in [-0.25, -0.2) is 9.59 Å². The zero-order valence-electron chi connectivity index (χ0n) is 40.6. The average Bonchev–Trinajstić information content (AvgIpc) is 4.15. The second-order valence-corrected chi connectivity index (χ2v) is 17.0. The highest BCUT2D eigenvalue weighted by Crippen LogP contribution is 2.17. The molecule has 0 amide bonds. The van der Waals surface area contributed by atoms with Crippen LogP contribution in [0.15, 0.2) is 121 Å². The Hall–Kier alpha value is -7.68. The van der Waals surface area contributed by atoms with Crippen LogP contribution in [0, 0.1) is 0 Å². The summed E-state index contributed by atoms with van der Waals surface area (Å²) in [6.07, 6.45) is 1.55. The van der Waals surface area contributed by atoms with Gasteiger partial charge in [0.1, 0.15) is 46.6 Å². The van der Waals surface area contributed by atoms with Crippen molar-refractivity contribution >= 4 is 94.2 Å². The highest BCUT2D eigenvalue weighted by atomic mass is 35.5. The number of rotatable bonds is 14. The Morgan fingerprint density at radius 1 is 0.554 bits per heavy atom. The molecule has 0 aliphatic heterocycles. The number of carbonyl (C=O) groups is 4. The maximum absolute atomic E-state index is 11.4. The predicted octanol–water partition coefficient (Wildman–Crippen LogP) is 9.73. The van der Waals surface area contributed by atoms with Crippen LogP contribution in [0.4, 0.5) is 23.3 Å². The molecule has 4 aromatic heterocycles. The minimum absolute atomic E-state index is 0. The first-order valence-electron chi connectivity index (χ1n) is 21.7. The van der Waals surface area contributed by atoms with Crippen LogP contribution >= 0.6 is 46.4 Å². The van der Waals surface area contributed by atoms with Gasteiger partial charge in [0.2, 0.25) is 0 Å². The first kappa shape index (κ1) is 60.6. The Morgan fingerprint density at radius 2 is 0.959 bits per heavy atom. The SMILES string of the molecule is C.COC(=O)c1cc(N)nn1C.COC(=O)c1cc(NCc2cccc(Cl)c2)nn1C.Cn1nc(NCc2cccc(Cl)c2)cc1C=O.Cn1nc(NCc2cccc(Cl)c2)cc1CO.O=Cc1cccc(Cl)c1. The van der Waals surface area contributed by atoms with Crippen molar-refractivity contribution in [2.45, 2.75) is 33.7 Å². The van der Waals surface area contributed by atoms with E-state index >= 15 is 0 Å². The monoisotopic (exact) mass is 1090 g/mol. The molecule has 23 heteroatoms. The minimum Gasteiger partial charge on any atom is -0.464 e. The summed E-state index contributed by atoms with van der Waals surface area (Å²) >= 11 is 23.3. The van der Waals surface area contributed by atoms with Crippen molar-refractivity contribution in [2.24, 2.45) is 28.2 Å². The highest BCUT2D eigenvalue weighted by Gasteiger charge is 2.14. The van der Waals surface area contributed by atoms with E-state index in [-0.39, 0.29) is 14.0 Å². The first-order chi connectivity index (χ1) is 34.9. The van der Waals surface area contributed by atoms with E-state index in [0.717, 1.165) is 45.8 Å². The molecule has 8 aromatic rings. The van der Waals surface area contributed by atoms with Gasteiger partial charge in [0.05, 0.1) is 26.5 Å². The Bertz CT molecular complexity index is 3060. The summed E-state index contributed by atoms with van der Waals surface area (Å²) in [6.45, 7) is 1.85. The minimum atomic E-state index is -0.434. The molecular formula is C51H58Cl4N12O7. The first-order valence-corrected chi connectivity index (χ1v) is 23.3. The fourth-order valence-corrected chi connectivity index (χ4v) is 6.99. The summed E-state index contributed by atoms with van der Waals surface area (Å²) in [4.78, 5) is 43.1. The number of aromatic nitrogens is 8. The number of aliphatic hydroxyl groups is 1. The van der Waals surface area contributed by atoms with Crippen molar-refractivity contribution in [3.63, 3.8) is 0 Å². The number of esters is 2. The largest absolute Gasteiger partial charge is 0.464 e. The lowest BCUT2D eigenvalue weighted by Crippen LogP contribution is -2.07. The van der Waals surface area contributed by atoms with Gasteiger partial charge in [-0.05, 0) is 65.2 Å². The van der Waals surface area contributed by atoms with E-state index in [1.54, 1.807) is 69.3 Å². The number of anilines is 4. The molecule has 0 saturated heterocycles. The van der Waals surface area contributed by atoms with Gasteiger partial charge in [0, 0.05) is 97.7 Å². The van der Waals surface area contributed by atoms with E-state index in [0.29, 0.717) is 74.8 Å². The van der Waals surface area contributed by atoms with E-state index < -0.39 is 11.9 Å². The standard InChI is InChI=1S/C13H14ClN3O2.C12H14ClN3O.C12H12ClN3O.C7H5ClO.C6H9N3O2.CH4/c1-17-11(13(18)19-2)7-12(16-17)15-8-9-4-3-5-10(14)6-9;2*1-16-11(8-17)6-12(15-16)14-7-9-3-2-4-10(13)5-9;8-7-3-1-2-6(4-7)5-9;1-9-4(6(10)11-2)3-5(7)8-9;/h3-7H,8H2,1-2H3,(H,15,16);2-6,17H,7-8H2,1H3,(H,14,15);2-6,8H,7H2,1H3,(H,14,15);1-5H;3H,1-2H3,(H2,7,8);1H4. The molecule has 0 aliphatic rings. The number of aliphatic hydroxyl groups excluding tert-OH is 1. The van der Waals surface area contributed by atoms with Gasteiger partial charge >= 0.3 is 11.9 Å². The van der Waals surface area contributed by atoms with E-state index in [2.05, 4.69) is 45.8 Å². The normalized spacial score (nSPS) is 9.93. The fourth-order valence-electron chi connectivity index (χ4n) is 6.15. The lowest BCUT2D eigenvalue weighted by Gasteiger charge is -2.03.